The zero-order chi connectivity index (χ0) is 23.5. The first-order valence-corrected chi connectivity index (χ1v) is 9.89. The third kappa shape index (κ3) is 5.02. The van der Waals surface area contributed by atoms with E-state index in [9.17, 15) is 27.6 Å². The standard InChI is InChI=1S/C22H15BrF3N3O3/c23-15-6-4-14(5-7-15)22(25,26)19(20(27)31)29-21(32)18(30)17-10-3-13(11-28-17)12-1-8-16(24)9-2-12/h1-11,19H,(H2,27,31)(H,29,32). The third-order valence-corrected chi connectivity index (χ3v) is 5.06. The number of pyridine rings is 1. The molecule has 32 heavy (non-hydrogen) atoms. The number of carbonyl (C=O) groups excluding carboxylic acids is 3. The van der Waals surface area contributed by atoms with E-state index in [4.69, 9.17) is 5.73 Å². The fraction of sp³-hybridized carbons (Fsp3) is 0.0909. The molecule has 10 heteroatoms. The molecule has 2 aromatic carbocycles. The molecule has 0 aliphatic carbocycles. The van der Waals surface area contributed by atoms with Crippen LogP contribution < -0.4 is 11.1 Å². The van der Waals surface area contributed by atoms with Crippen LogP contribution in [-0.4, -0.2) is 28.6 Å². The highest BCUT2D eigenvalue weighted by Crippen LogP contribution is 2.32. The van der Waals surface area contributed by atoms with Gasteiger partial charge in [-0.15, -0.1) is 0 Å². The minimum Gasteiger partial charge on any atom is -0.368 e. The molecule has 2 amide bonds. The Labute approximate surface area is 188 Å². The van der Waals surface area contributed by atoms with E-state index in [-0.39, 0.29) is 5.69 Å². The zero-order valence-corrected chi connectivity index (χ0v) is 17.8. The number of Topliss-reactive ketones (excluding diaryl/α,β-unsaturated/α-hetero) is 1. The fourth-order valence-electron chi connectivity index (χ4n) is 2.83. The number of amides is 2. The predicted molar refractivity (Wildman–Crippen MR) is 113 cm³/mol. The first kappa shape index (κ1) is 23.1. The number of carbonyl (C=O) groups is 3. The number of ketones is 1. The summed E-state index contributed by atoms with van der Waals surface area (Å²) in [5.74, 6) is -8.50. The van der Waals surface area contributed by atoms with Crippen LogP contribution in [0.1, 0.15) is 16.1 Å². The Hall–Kier alpha value is -3.53. The number of primary amides is 1. The number of hydrogen-bond acceptors (Lipinski definition) is 4. The van der Waals surface area contributed by atoms with Gasteiger partial charge in [-0.1, -0.05) is 46.3 Å². The van der Waals surface area contributed by atoms with Gasteiger partial charge in [0.05, 0.1) is 0 Å². The number of nitrogens with one attached hydrogen (secondary N) is 1. The first-order valence-electron chi connectivity index (χ1n) is 9.10. The van der Waals surface area contributed by atoms with Crippen molar-refractivity contribution in [2.24, 2.45) is 5.73 Å². The average molecular weight is 506 g/mol. The van der Waals surface area contributed by atoms with Crippen molar-refractivity contribution in [3.63, 3.8) is 0 Å². The van der Waals surface area contributed by atoms with Crippen LogP contribution in [0.15, 0.2) is 71.3 Å². The van der Waals surface area contributed by atoms with Crippen molar-refractivity contribution in [2.75, 3.05) is 0 Å². The molecule has 0 fully saturated rings. The van der Waals surface area contributed by atoms with E-state index in [0.717, 1.165) is 12.1 Å². The van der Waals surface area contributed by atoms with Crippen molar-refractivity contribution in [3.05, 3.63) is 88.4 Å². The topological polar surface area (TPSA) is 102 Å². The number of hydrogen-bond donors (Lipinski definition) is 2. The maximum Gasteiger partial charge on any atom is 0.301 e. The Bertz CT molecular complexity index is 1150. The van der Waals surface area contributed by atoms with Gasteiger partial charge in [-0.2, -0.15) is 8.78 Å². The van der Waals surface area contributed by atoms with E-state index in [1.165, 1.54) is 54.7 Å². The van der Waals surface area contributed by atoms with Crippen molar-refractivity contribution in [3.8, 4) is 11.1 Å². The van der Waals surface area contributed by atoms with Gasteiger partial charge < -0.3 is 11.1 Å². The molecular formula is C22H15BrF3N3O3. The summed E-state index contributed by atoms with van der Waals surface area (Å²) < 4.78 is 43.2. The fourth-order valence-corrected chi connectivity index (χ4v) is 3.10. The second kappa shape index (κ2) is 9.31. The van der Waals surface area contributed by atoms with Crippen LogP contribution in [0.4, 0.5) is 13.2 Å². The number of benzene rings is 2. The number of halogens is 4. The van der Waals surface area contributed by atoms with Crippen molar-refractivity contribution >= 4 is 33.5 Å². The molecular weight excluding hydrogens is 491 g/mol. The molecule has 0 bridgehead atoms. The molecule has 1 unspecified atom stereocenters. The lowest BCUT2D eigenvalue weighted by molar-refractivity contribution is -0.137. The van der Waals surface area contributed by atoms with Crippen molar-refractivity contribution in [2.45, 2.75) is 12.0 Å². The molecule has 0 aliphatic rings. The summed E-state index contributed by atoms with van der Waals surface area (Å²) in [4.78, 5) is 40.2. The van der Waals surface area contributed by atoms with Gasteiger partial charge >= 0.3 is 5.92 Å². The minimum atomic E-state index is -3.87. The van der Waals surface area contributed by atoms with E-state index in [0.29, 0.717) is 15.6 Å². The monoisotopic (exact) mass is 505 g/mol. The van der Waals surface area contributed by atoms with Crippen LogP contribution in [0.3, 0.4) is 0 Å². The van der Waals surface area contributed by atoms with Crippen molar-refractivity contribution in [1.29, 1.82) is 0 Å². The smallest absolute Gasteiger partial charge is 0.301 e. The summed E-state index contributed by atoms with van der Waals surface area (Å²) >= 11 is 3.11. The van der Waals surface area contributed by atoms with Crippen LogP contribution in [0.2, 0.25) is 0 Å². The van der Waals surface area contributed by atoms with Gasteiger partial charge in [0.15, 0.2) is 6.04 Å². The normalized spacial score (nSPS) is 12.1. The van der Waals surface area contributed by atoms with Crippen LogP contribution in [0.5, 0.6) is 0 Å². The molecule has 0 aliphatic heterocycles. The second-order valence-corrected chi connectivity index (χ2v) is 7.62. The molecule has 0 radical (unpaired) electrons. The summed E-state index contributed by atoms with van der Waals surface area (Å²) in [5, 5.41) is 1.71. The van der Waals surface area contributed by atoms with Gasteiger partial charge in [-0.05, 0) is 35.9 Å². The van der Waals surface area contributed by atoms with E-state index in [1.807, 2.05) is 0 Å². The highest BCUT2D eigenvalue weighted by Gasteiger charge is 2.46. The Kier molecular flexibility index (Phi) is 6.73. The number of aromatic nitrogens is 1. The van der Waals surface area contributed by atoms with Gasteiger partial charge in [0.1, 0.15) is 11.5 Å². The molecule has 0 saturated heterocycles. The summed E-state index contributed by atoms with van der Waals surface area (Å²) in [6.45, 7) is 0. The maximum absolute atomic E-state index is 14.8. The summed E-state index contributed by atoms with van der Waals surface area (Å²) in [7, 11) is 0. The second-order valence-electron chi connectivity index (χ2n) is 6.71. The van der Waals surface area contributed by atoms with Crippen LogP contribution in [-0.2, 0) is 15.5 Å². The van der Waals surface area contributed by atoms with Crippen molar-refractivity contribution < 1.29 is 27.6 Å². The quantitative estimate of drug-likeness (QED) is 0.378. The Morgan fingerprint density at radius 1 is 0.938 bits per heavy atom. The van der Waals surface area contributed by atoms with E-state index < -0.39 is 40.9 Å². The Morgan fingerprint density at radius 3 is 2.06 bits per heavy atom. The van der Waals surface area contributed by atoms with Gasteiger partial charge in [0, 0.05) is 21.8 Å². The lowest BCUT2D eigenvalue weighted by Crippen LogP contribution is -2.55. The SMILES string of the molecule is NC(=O)C(NC(=O)C(=O)c1ccc(-c2ccc(F)cc2)cn1)C(F)(F)c1ccc(Br)cc1. The van der Waals surface area contributed by atoms with Gasteiger partial charge in [0.2, 0.25) is 5.91 Å². The van der Waals surface area contributed by atoms with Gasteiger partial charge in [0.25, 0.3) is 11.7 Å². The predicted octanol–water partition coefficient (Wildman–Crippen LogP) is 3.60. The van der Waals surface area contributed by atoms with Crippen LogP contribution in [0, 0.1) is 5.82 Å². The molecule has 6 nitrogen and oxygen atoms in total. The lowest BCUT2D eigenvalue weighted by atomic mass is 10.00. The van der Waals surface area contributed by atoms with Gasteiger partial charge in [-0.25, -0.2) is 4.39 Å². The highest BCUT2D eigenvalue weighted by atomic mass is 79.9. The molecule has 164 valence electrons. The number of alkyl halides is 2. The average Bonchev–Trinajstić information content (AvgIpc) is 2.77. The van der Waals surface area contributed by atoms with Gasteiger partial charge in [-0.3, -0.25) is 19.4 Å². The Balaban J connectivity index is 1.78. The molecule has 3 aromatic rings. The van der Waals surface area contributed by atoms with Crippen LogP contribution >= 0.6 is 15.9 Å². The molecule has 0 spiro atoms. The van der Waals surface area contributed by atoms with E-state index in [2.05, 4.69) is 20.9 Å². The third-order valence-electron chi connectivity index (χ3n) is 4.53. The summed E-state index contributed by atoms with van der Waals surface area (Å²) in [6.07, 6.45) is 1.27. The number of nitrogens with two attached hydrogens (primary N) is 1. The zero-order valence-electron chi connectivity index (χ0n) is 16.2. The molecule has 1 atom stereocenters. The number of nitrogens with zero attached hydrogens (tertiary/aromatic N) is 1. The molecule has 3 N–H and O–H groups in total. The first-order chi connectivity index (χ1) is 15.1. The Morgan fingerprint density at radius 2 is 1.53 bits per heavy atom. The van der Waals surface area contributed by atoms with E-state index in [1.54, 1.807) is 5.32 Å². The van der Waals surface area contributed by atoms with E-state index >= 15 is 0 Å². The van der Waals surface area contributed by atoms with Crippen LogP contribution in [0.25, 0.3) is 11.1 Å². The maximum atomic E-state index is 14.8. The summed E-state index contributed by atoms with van der Waals surface area (Å²) in [5.41, 5.74) is 5.33. The highest BCUT2D eigenvalue weighted by molar-refractivity contribution is 9.10. The largest absolute Gasteiger partial charge is 0.368 e. The molecule has 1 aromatic heterocycles. The molecule has 3 rings (SSSR count). The molecule has 1 heterocycles. The lowest BCUT2D eigenvalue weighted by Gasteiger charge is -2.25. The number of rotatable bonds is 7. The summed E-state index contributed by atoms with van der Waals surface area (Å²) in [6, 6.07) is 10.5. The minimum absolute atomic E-state index is 0.330. The molecule has 0 saturated carbocycles. The van der Waals surface area contributed by atoms with Crippen molar-refractivity contribution in [1.82, 2.24) is 10.3 Å².